The van der Waals surface area contributed by atoms with E-state index in [1.165, 1.54) is 0 Å². The molecule has 0 spiro atoms. The first-order valence-electron chi connectivity index (χ1n) is 9.92. The van der Waals surface area contributed by atoms with Crippen LogP contribution in [0.2, 0.25) is 0 Å². The van der Waals surface area contributed by atoms with Crippen molar-refractivity contribution in [3.63, 3.8) is 0 Å². The van der Waals surface area contributed by atoms with Crippen LogP contribution in [0.3, 0.4) is 0 Å². The van der Waals surface area contributed by atoms with Crippen LogP contribution in [0.25, 0.3) is 0 Å². The summed E-state index contributed by atoms with van der Waals surface area (Å²) in [7, 11) is -6.77. The predicted octanol–water partition coefficient (Wildman–Crippen LogP) is 4.69. The third-order valence-corrected chi connectivity index (χ3v) is 7.95. The standard InChI is InChI=1S/C24H27NO4S2/c1-24(29-30(2,26)27,18-21-12-6-3-7-13-21)20-31(28,23-16-10-5-11-17-23)25-19-22-14-8-4-9-15-22/h3-17H,18-20H2,1-2H3. The number of hydrogen-bond acceptors (Lipinski definition) is 5. The van der Waals surface area contributed by atoms with Crippen LogP contribution in [-0.4, -0.2) is 30.2 Å². The van der Waals surface area contributed by atoms with Crippen molar-refractivity contribution in [2.75, 3.05) is 12.0 Å². The third-order valence-electron chi connectivity index (χ3n) is 4.68. The maximum Gasteiger partial charge on any atom is 0.264 e. The van der Waals surface area contributed by atoms with Gasteiger partial charge in [-0.15, -0.1) is 0 Å². The molecule has 31 heavy (non-hydrogen) atoms. The molecule has 3 aromatic carbocycles. The Bertz CT molecular complexity index is 1200. The van der Waals surface area contributed by atoms with Gasteiger partial charge in [0.25, 0.3) is 10.1 Å². The Morgan fingerprint density at radius 2 is 1.26 bits per heavy atom. The van der Waals surface area contributed by atoms with Crippen molar-refractivity contribution in [3.8, 4) is 0 Å². The SMILES string of the molecule is CC(Cc1ccccc1)(CS(=O)(=NCc1ccccc1)c1ccccc1)OS(C)(=O)=O. The monoisotopic (exact) mass is 457 g/mol. The van der Waals surface area contributed by atoms with Gasteiger partial charge in [-0.25, -0.2) is 8.57 Å². The Morgan fingerprint density at radius 1 is 0.774 bits per heavy atom. The van der Waals surface area contributed by atoms with Crippen molar-refractivity contribution in [1.29, 1.82) is 0 Å². The van der Waals surface area contributed by atoms with E-state index in [0.29, 0.717) is 4.90 Å². The van der Waals surface area contributed by atoms with Crippen molar-refractivity contribution in [3.05, 3.63) is 102 Å². The van der Waals surface area contributed by atoms with E-state index < -0.39 is 25.4 Å². The van der Waals surface area contributed by atoms with Crippen LogP contribution in [0.15, 0.2) is 100 Å². The van der Waals surface area contributed by atoms with E-state index in [1.807, 2.05) is 66.7 Å². The Hall–Kier alpha value is -2.48. The molecule has 0 amide bonds. The molecular weight excluding hydrogens is 430 g/mol. The molecule has 0 bridgehead atoms. The summed E-state index contributed by atoms with van der Waals surface area (Å²) >= 11 is 0. The van der Waals surface area contributed by atoms with Crippen LogP contribution >= 0.6 is 0 Å². The molecule has 0 aromatic heterocycles. The van der Waals surface area contributed by atoms with E-state index >= 15 is 0 Å². The summed E-state index contributed by atoms with van der Waals surface area (Å²) in [5.41, 5.74) is 0.591. The summed E-state index contributed by atoms with van der Waals surface area (Å²) in [6.45, 7) is 1.94. The second-order valence-corrected chi connectivity index (χ2v) is 11.6. The van der Waals surface area contributed by atoms with Crippen LogP contribution < -0.4 is 0 Å². The first-order valence-corrected chi connectivity index (χ1v) is 13.4. The maximum absolute atomic E-state index is 14.2. The molecular formula is C24H27NO4S2. The number of rotatable bonds is 9. The normalized spacial score (nSPS) is 15.5. The van der Waals surface area contributed by atoms with E-state index in [0.717, 1.165) is 17.4 Å². The van der Waals surface area contributed by atoms with Gasteiger partial charge >= 0.3 is 0 Å². The molecule has 3 rings (SSSR count). The van der Waals surface area contributed by atoms with E-state index in [-0.39, 0.29) is 18.7 Å². The summed E-state index contributed by atoms with van der Waals surface area (Å²) in [4.78, 5) is 0.558. The largest absolute Gasteiger partial charge is 0.264 e. The van der Waals surface area contributed by atoms with Crippen molar-refractivity contribution in [2.24, 2.45) is 4.36 Å². The Balaban J connectivity index is 2.04. The van der Waals surface area contributed by atoms with Gasteiger partial charge in [0.05, 0.1) is 28.3 Å². The molecule has 0 aliphatic rings. The zero-order valence-corrected chi connectivity index (χ0v) is 19.3. The lowest BCUT2D eigenvalue weighted by atomic mass is 9.99. The zero-order chi connectivity index (χ0) is 22.4. The molecule has 0 fully saturated rings. The molecule has 0 saturated heterocycles. The molecule has 0 aliphatic carbocycles. The van der Waals surface area contributed by atoms with Gasteiger partial charge < -0.3 is 0 Å². The average molecular weight is 458 g/mol. The fraction of sp³-hybridized carbons (Fsp3) is 0.250. The van der Waals surface area contributed by atoms with E-state index in [4.69, 9.17) is 4.18 Å². The predicted molar refractivity (Wildman–Crippen MR) is 125 cm³/mol. The van der Waals surface area contributed by atoms with Crippen LogP contribution in [0, 0.1) is 0 Å². The van der Waals surface area contributed by atoms with Gasteiger partial charge in [0.1, 0.15) is 5.60 Å². The molecule has 0 N–H and O–H groups in total. The Morgan fingerprint density at radius 3 is 1.77 bits per heavy atom. The van der Waals surface area contributed by atoms with E-state index in [2.05, 4.69) is 4.36 Å². The minimum absolute atomic E-state index is 0.0567. The maximum atomic E-state index is 14.2. The minimum atomic E-state index is -3.79. The highest BCUT2D eigenvalue weighted by molar-refractivity contribution is 7.93. The van der Waals surface area contributed by atoms with Gasteiger partial charge in [0.15, 0.2) is 0 Å². The second-order valence-electron chi connectivity index (χ2n) is 7.77. The summed E-state index contributed by atoms with van der Waals surface area (Å²) in [6, 6.07) is 28.0. The molecule has 5 nitrogen and oxygen atoms in total. The third kappa shape index (κ3) is 7.02. The quantitative estimate of drug-likeness (QED) is 0.437. The Labute approximate surface area is 185 Å². The molecule has 0 radical (unpaired) electrons. The molecule has 0 aliphatic heterocycles. The van der Waals surface area contributed by atoms with Gasteiger partial charge in [0, 0.05) is 11.3 Å². The molecule has 0 heterocycles. The second kappa shape index (κ2) is 9.77. The number of nitrogens with zero attached hydrogens (tertiary/aromatic N) is 1. The summed E-state index contributed by atoms with van der Waals surface area (Å²) < 4.78 is 48.5. The summed E-state index contributed by atoms with van der Waals surface area (Å²) in [6.07, 6.45) is 1.30. The molecule has 7 heteroatoms. The van der Waals surface area contributed by atoms with Crippen LogP contribution in [-0.2, 0) is 37.0 Å². The van der Waals surface area contributed by atoms with Gasteiger partial charge in [-0.05, 0) is 30.2 Å². The molecule has 2 atom stereocenters. The first-order chi connectivity index (χ1) is 14.7. The van der Waals surface area contributed by atoms with Crippen molar-refractivity contribution in [1.82, 2.24) is 0 Å². The lowest BCUT2D eigenvalue weighted by Crippen LogP contribution is -2.41. The van der Waals surface area contributed by atoms with Gasteiger partial charge in [0.2, 0.25) is 0 Å². The van der Waals surface area contributed by atoms with Crippen molar-refractivity contribution >= 4 is 19.8 Å². The summed E-state index contributed by atoms with van der Waals surface area (Å²) in [5, 5.41) is 0. The van der Waals surface area contributed by atoms with Gasteiger partial charge in [-0.1, -0.05) is 78.9 Å². The highest BCUT2D eigenvalue weighted by atomic mass is 32.2. The number of benzene rings is 3. The minimum Gasteiger partial charge on any atom is -0.263 e. The molecule has 0 saturated carbocycles. The van der Waals surface area contributed by atoms with E-state index in [9.17, 15) is 12.6 Å². The Kier molecular flexibility index (Phi) is 7.30. The first kappa shape index (κ1) is 23.2. The average Bonchev–Trinajstić information content (AvgIpc) is 2.73. The highest BCUT2D eigenvalue weighted by Gasteiger charge is 2.35. The zero-order valence-electron chi connectivity index (χ0n) is 17.7. The van der Waals surface area contributed by atoms with E-state index in [1.54, 1.807) is 31.2 Å². The fourth-order valence-corrected chi connectivity index (χ4v) is 6.77. The topological polar surface area (TPSA) is 72.8 Å². The molecule has 164 valence electrons. The highest BCUT2D eigenvalue weighted by Crippen LogP contribution is 2.27. The van der Waals surface area contributed by atoms with Crippen LogP contribution in [0.1, 0.15) is 18.1 Å². The molecule has 3 aromatic rings. The lowest BCUT2D eigenvalue weighted by Gasteiger charge is -2.30. The summed E-state index contributed by atoms with van der Waals surface area (Å²) in [5.74, 6) is -0.0567. The van der Waals surface area contributed by atoms with Crippen LogP contribution in [0.4, 0.5) is 0 Å². The van der Waals surface area contributed by atoms with Crippen molar-refractivity contribution < 1.29 is 16.8 Å². The van der Waals surface area contributed by atoms with Crippen LogP contribution in [0.5, 0.6) is 0 Å². The smallest absolute Gasteiger partial charge is 0.263 e. The van der Waals surface area contributed by atoms with Gasteiger partial charge in [-0.2, -0.15) is 8.42 Å². The molecule has 2 unspecified atom stereocenters. The van der Waals surface area contributed by atoms with Gasteiger partial charge in [-0.3, -0.25) is 4.18 Å². The lowest BCUT2D eigenvalue weighted by molar-refractivity contribution is 0.124. The fourth-order valence-electron chi connectivity index (χ4n) is 3.51. The van der Waals surface area contributed by atoms with Crippen molar-refractivity contribution in [2.45, 2.75) is 30.4 Å². The number of hydrogen-bond donors (Lipinski definition) is 0.